The minimum Gasteiger partial charge on any atom is -0.395 e. The van der Waals surface area contributed by atoms with E-state index in [0.717, 1.165) is 12.1 Å². The van der Waals surface area contributed by atoms with E-state index in [1.165, 1.54) is 18.2 Å². The van der Waals surface area contributed by atoms with E-state index < -0.39 is 26.5 Å². The maximum atomic E-state index is 13.0. The zero-order chi connectivity index (χ0) is 18.0. The van der Waals surface area contributed by atoms with Crippen LogP contribution in [-0.4, -0.2) is 32.6 Å². The molecule has 0 unspecified atom stereocenters. The normalized spacial score (nSPS) is 15.0. The van der Waals surface area contributed by atoms with Gasteiger partial charge in [0.05, 0.1) is 17.2 Å². The average Bonchev–Trinajstić information content (AvgIpc) is 2.82. The second-order valence-electron chi connectivity index (χ2n) is 5.32. The van der Waals surface area contributed by atoms with Crippen molar-refractivity contribution in [1.29, 1.82) is 0 Å². The highest BCUT2D eigenvalue weighted by Gasteiger charge is 2.39. The first-order valence-electron chi connectivity index (χ1n) is 7.45. The molecule has 8 heteroatoms. The van der Waals surface area contributed by atoms with Gasteiger partial charge < -0.3 is 15.7 Å². The molecule has 0 saturated carbocycles. The maximum absolute atomic E-state index is 13.0. The molecule has 1 aliphatic heterocycles. The number of aliphatic hydroxyl groups is 1. The van der Waals surface area contributed by atoms with Gasteiger partial charge in [-0.05, 0) is 30.3 Å². The molecule has 0 atom stereocenters. The summed E-state index contributed by atoms with van der Waals surface area (Å²) in [4.78, 5) is 12.2. The Morgan fingerprint density at radius 1 is 1.08 bits per heavy atom. The van der Waals surface area contributed by atoms with Crippen molar-refractivity contribution in [1.82, 2.24) is 5.32 Å². The van der Waals surface area contributed by atoms with Crippen molar-refractivity contribution in [3.63, 3.8) is 0 Å². The number of halogens is 1. The quantitative estimate of drug-likeness (QED) is 0.749. The fourth-order valence-corrected chi connectivity index (χ4v) is 4.27. The first-order chi connectivity index (χ1) is 11.9. The Hall–Kier alpha value is -2.71. The molecule has 0 radical (unpaired) electrons. The highest BCUT2D eigenvalue weighted by molar-refractivity contribution is 7.97. The molecule has 0 spiro atoms. The number of anilines is 1. The second kappa shape index (κ2) is 6.66. The van der Waals surface area contributed by atoms with Gasteiger partial charge in [0, 0.05) is 17.8 Å². The van der Waals surface area contributed by atoms with Gasteiger partial charge in [-0.1, -0.05) is 18.2 Å². The van der Waals surface area contributed by atoms with E-state index >= 15 is 0 Å². The van der Waals surface area contributed by atoms with Crippen LogP contribution in [0.5, 0.6) is 0 Å². The van der Waals surface area contributed by atoms with Crippen LogP contribution in [-0.2, 0) is 14.6 Å². The molecule has 3 rings (SSSR count). The molecule has 0 saturated heterocycles. The summed E-state index contributed by atoms with van der Waals surface area (Å²) in [5.74, 6) is -1.30. The van der Waals surface area contributed by atoms with Crippen molar-refractivity contribution in [2.45, 2.75) is 4.90 Å². The van der Waals surface area contributed by atoms with Crippen LogP contribution in [0, 0.1) is 5.82 Å². The number of fused-ring (bicyclic) bond motifs is 1. The molecule has 25 heavy (non-hydrogen) atoms. The number of carbonyl (C=O) groups is 1. The minimum atomic E-state index is -4.00. The topological polar surface area (TPSA) is 95.5 Å². The molecule has 1 aliphatic rings. The number of hydrogen-bond acceptors (Lipinski definition) is 5. The van der Waals surface area contributed by atoms with E-state index in [0.29, 0.717) is 5.56 Å². The third-order valence-corrected chi connectivity index (χ3v) is 5.53. The van der Waals surface area contributed by atoms with Crippen molar-refractivity contribution >= 4 is 27.1 Å². The predicted octanol–water partition coefficient (Wildman–Crippen LogP) is 1.50. The fourth-order valence-electron chi connectivity index (χ4n) is 2.59. The van der Waals surface area contributed by atoms with Gasteiger partial charge in [0.2, 0.25) is 9.84 Å². The summed E-state index contributed by atoms with van der Waals surface area (Å²) in [6.07, 6.45) is 0. The first kappa shape index (κ1) is 17.1. The van der Waals surface area contributed by atoms with Gasteiger partial charge in [-0.25, -0.2) is 12.8 Å². The largest absolute Gasteiger partial charge is 0.395 e. The molecule has 0 aromatic heterocycles. The summed E-state index contributed by atoms with van der Waals surface area (Å²) < 4.78 is 38.5. The third-order valence-electron chi connectivity index (χ3n) is 3.66. The molecule has 0 fully saturated rings. The Morgan fingerprint density at radius 3 is 2.44 bits per heavy atom. The molecule has 0 bridgehead atoms. The third kappa shape index (κ3) is 3.13. The Labute approximate surface area is 143 Å². The highest BCUT2D eigenvalue weighted by Crippen LogP contribution is 2.38. The summed E-state index contributed by atoms with van der Waals surface area (Å²) in [6, 6.07) is 11.2. The van der Waals surface area contributed by atoms with Gasteiger partial charge in [0.15, 0.2) is 4.91 Å². The zero-order valence-electron chi connectivity index (χ0n) is 13.0. The van der Waals surface area contributed by atoms with Crippen molar-refractivity contribution in [2.75, 3.05) is 18.5 Å². The van der Waals surface area contributed by atoms with Crippen LogP contribution >= 0.6 is 0 Å². The lowest BCUT2D eigenvalue weighted by atomic mass is 10.1. The summed E-state index contributed by atoms with van der Waals surface area (Å²) >= 11 is 0. The number of nitrogens with one attached hydrogen (secondary N) is 2. The van der Waals surface area contributed by atoms with Gasteiger partial charge in [-0.3, -0.25) is 4.79 Å². The van der Waals surface area contributed by atoms with E-state index in [2.05, 4.69) is 10.6 Å². The molecule has 2 aromatic carbocycles. The monoisotopic (exact) mass is 362 g/mol. The number of sulfone groups is 1. The molecular formula is C17H15FN2O4S. The van der Waals surface area contributed by atoms with E-state index in [9.17, 15) is 17.6 Å². The number of hydrogen-bond donors (Lipinski definition) is 3. The lowest BCUT2D eigenvalue weighted by Gasteiger charge is -2.10. The standard InChI is InChI=1S/C17H15FN2O4S/c18-11-5-7-12(8-6-11)20-17(22)16-15(19-9-10-21)13-3-1-2-4-14(13)25(16,23)24/h1-8,19,21H,9-10H2,(H,20,22). The van der Waals surface area contributed by atoms with Crippen LogP contribution in [0.1, 0.15) is 5.56 Å². The van der Waals surface area contributed by atoms with Crippen LogP contribution < -0.4 is 10.6 Å². The maximum Gasteiger partial charge on any atom is 0.269 e. The lowest BCUT2D eigenvalue weighted by Crippen LogP contribution is -2.24. The van der Waals surface area contributed by atoms with Gasteiger partial charge >= 0.3 is 0 Å². The van der Waals surface area contributed by atoms with Crippen LogP contribution in [0.3, 0.4) is 0 Å². The van der Waals surface area contributed by atoms with Gasteiger partial charge in [0.25, 0.3) is 5.91 Å². The van der Waals surface area contributed by atoms with Crippen molar-refractivity contribution < 1.29 is 22.7 Å². The Balaban J connectivity index is 2.03. The van der Waals surface area contributed by atoms with Gasteiger partial charge in [0.1, 0.15) is 5.82 Å². The highest BCUT2D eigenvalue weighted by atomic mass is 32.2. The zero-order valence-corrected chi connectivity index (χ0v) is 13.8. The Bertz CT molecular complexity index is 953. The summed E-state index contributed by atoms with van der Waals surface area (Å²) in [5, 5.41) is 14.3. The van der Waals surface area contributed by atoms with Crippen molar-refractivity contribution in [3.8, 4) is 0 Å². The van der Waals surface area contributed by atoms with Crippen molar-refractivity contribution in [3.05, 3.63) is 64.8 Å². The first-order valence-corrected chi connectivity index (χ1v) is 8.94. The van der Waals surface area contributed by atoms with Crippen LogP contribution in [0.4, 0.5) is 10.1 Å². The predicted molar refractivity (Wildman–Crippen MR) is 90.7 cm³/mol. The van der Waals surface area contributed by atoms with E-state index in [1.807, 2.05) is 0 Å². The molecule has 1 amide bonds. The molecule has 2 aromatic rings. The summed E-state index contributed by atoms with van der Waals surface area (Å²) in [7, 11) is -4.00. The van der Waals surface area contributed by atoms with Gasteiger partial charge in [-0.2, -0.15) is 0 Å². The minimum absolute atomic E-state index is 0.0275. The number of carbonyl (C=O) groups excluding carboxylic acids is 1. The van der Waals surface area contributed by atoms with Crippen LogP contribution in [0.15, 0.2) is 58.3 Å². The lowest BCUT2D eigenvalue weighted by molar-refractivity contribution is -0.112. The van der Waals surface area contributed by atoms with E-state index in [-0.39, 0.29) is 29.4 Å². The number of benzene rings is 2. The molecule has 0 aliphatic carbocycles. The Morgan fingerprint density at radius 2 is 1.76 bits per heavy atom. The second-order valence-corrected chi connectivity index (χ2v) is 7.17. The summed E-state index contributed by atoms with van der Waals surface area (Å²) in [6.45, 7) is -0.134. The number of rotatable bonds is 5. The van der Waals surface area contributed by atoms with E-state index in [4.69, 9.17) is 5.11 Å². The molecule has 3 N–H and O–H groups in total. The summed E-state index contributed by atoms with van der Waals surface area (Å²) in [5.41, 5.74) is 0.788. The van der Waals surface area contributed by atoms with Crippen LogP contribution in [0.2, 0.25) is 0 Å². The number of aliphatic hydroxyl groups excluding tert-OH is 1. The number of amides is 1. The van der Waals surface area contributed by atoms with Crippen LogP contribution in [0.25, 0.3) is 5.70 Å². The van der Waals surface area contributed by atoms with E-state index in [1.54, 1.807) is 18.2 Å². The Kier molecular flexibility index (Phi) is 4.56. The average molecular weight is 362 g/mol. The molecule has 130 valence electrons. The van der Waals surface area contributed by atoms with Gasteiger partial charge in [-0.15, -0.1) is 0 Å². The molecular weight excluding hydrogens is 347 g/mol. The SMILES string of the molecule is O=C(Nc1ccc(F)cc1)C1=C(NCCO)c2ccccc2S1(=O)=O. The van der Waals surface area contributed by atoms with Crippen molar-refractivity contribution in [2.24, 2.45) is 0 Å². The fraction of sp³-hybridized carbons (Fsp3) is 0.118. The molecule has 6 nitrogen and oxygen atoms in total. The smallest absolute Gasteiger partial charge is 0.269 e. The molecule has 1 heterocycles.